The highest BCUT2D eigenvalue weighted by atomic mass is 35.5. The van der Waals surface area contributed by atoms with Gasteiger partial charge < -0.3 is 10.4 Å². The molecule has 0 radical (unpaired) electrons. The minimum Gasteiger partial charge on any atom is -0.396 e. The third-order valence-electron chi connectivity index (χ3n) is 4.40. The van der Waals surface area contributed by atoms with E-state index in [-0.39, 0.29) is 24.5 Å². The fourth-order valence-corrected chi connectivity index (χ4v) is 3.39. The Bertz CT molecular complexity index is 693. The first-order valence-electron chi connectivity index (χ1n) is 8.09. The lowest BCUT2D eigenvalue weighted by Crippen LogP contribution is -2.41. The molecule has 5 heteroatoms. The minimum absolute atomic E-state index is 0.0387. The quantitative estimate of drug-likeness (QED) is 0.876. The van der Waals surface area contributed by atoms with E-state index in [0.29, 0.717) is 5.56 Å². The zero-order chi connectivity index (χ0) is 16.9. The topological polar surface area (TPSA) is 52.6 Å². The summed E-state index contributed by atoms with van der Waals surface area (Å²) >= 11 is 6.04. The molecule has 2 aromatic rings. The number of aliphatic hydroxyl groups excluding tert-OH is 1. The van der Waals surface area contributed by atoms with Crippen LogP contribution < -0.4 is 5.32 Å². The Kier molecular flexibility index (Phi) is 5.51. The van der Waals surface area contributed by atoms with Crippen molar-refractivity contribution < 1.29 is 9.90 Å². The second-order valence-electron chi connectivity index (χ2n) is 6.21. The molecule has 1 fully saturated rings. The van der Waals surface area contributed by atoms with Crippen LogP contribution in [0.15, 0.2) is 54.6 Å². The first-order chi connectivity index (χ1) is 11.7. The van der Waals surface area contributed by atoms with Crippen LogP contribution in [0.2, 0.25) is 5.02 Å². The van der Waals surface area contributed by atoms with Crippen LogP contribution in [-0.4, -0.2) is 41.7 Å². The van der Waals surface area contributed by atoms with Crippen molar-refractivity contribution in [3.05, 3.63) is 70.7 Å². The number of nitrogens with zero attached hydrogens (tertiary/aromatic N) is 1. The maximum Gasteiger partial charge on any atom is 0.251 e. The van der Waals surface area contributed by atoms with Crippen LogP contribution in [0, 0.1) is 5.92 Å². The van der Waals surface area contributed by atoms with E-state index in [4.69, 9.17) is 11.6 Å². The number of halogens is 1. The Hall–Kier alpha value is -1.88. The van der Waals surface area contributed by atoms with E-state index < -0.39 is 0 Å². The standard InChI is InChI=1S/C19H21ClN2O2/c20-17-8-4-5-14(9-17)10-22-11-16(13-23)18(12-22)21-19(24)15-6-2-1-3-7-15/h1-9,16,18,23H,10-13H2,(H,21,24)/t16-,18+/m0/s1. The minimum atomic E-state index is -0.0938. The Morgan fingerprint density at radius 1 is 1.17 bits per heavy atom. The van der Waals surface area contributed by atoms with Gasteiger partial charge in [-0.05, 0) is 29.8 Å². The van der Waals surface area contributed by atoms with Gasteiger partial charge in [0.2, 0.25) is 0 Å². The molecule has 0 aliphatic carbocycles. The number of hydrogen-bond donors (Lipinski definition) is 2. The number of carbonyl (C=O) groups excluding carboxylic acids is 1. The predicted octanol–water partition coefficient (Wildman–Crippen LogP) is 2.56. The molecule has 1 saturated heterocycles. The van der Waals surface area contributed by atoms with Crippen LogP contribution in [-0.2, 0) is 6.54 Å². The second kappa shape index (κ2) is 7.79. The highest BCUT2D eigenvalue weighted by molar-refractivity contribution is 6.30. The van der Waals surface area contributed by atoms with Gasteiger partial charge in [0.05, 0.1) is 0 Å². The van der Waals surface area contributed by atoms with Gasteiger partial charge >= 0.3 is 0 Å². The van der Waals surface area contributed by atoms with Crippen molar-refractivity contribution in [3.8, 4) is 0 Å². The molecule has 24 heavy (non-hydrogen) atoms. The van der Waals surface area contributed by atoms with E-state index in [2.05, 4.69) is 10.2 Å². The molecule has 0 unspecified atom stereocenters. The molecule has 126 valence electrons. The van der Waals surface area contributed by atoms with E-state index in [1.54, 1.807) is 12.1 Å². The number of rotatable bonds is 5. The highest BCUT2D eigenvalue weighted by Gasteiger charge is 2.33. The van der Waals surface area contributed by atoms with Crippen molar-refractivity contribution in [1.82, 2.24) is 10.2 Å². The molecular formula is C19H21ClN2O2. The number of benzene rings is 2. The third-order valence-corrected chi connectivity index (χ3v) is 4.63. The number of aliphatic hydroxyl groups is 1. The number of carbonyl (C=O) groups is 1. The zero-order valence-corrected chi connectivity index (χ0v) is 14.1. The summed E-state index contributed by atoms with van der Waals surface area (Å²) in [4.78, 5) is 14.6. The molecule has 0 saturated carbocycles. The Morgan fingerprint density at radius 3 is 2.67 bits per heavy atom. The third kappa shape index (κ3) is 4.15. The smallest absolute Gasteiger partial charge is 0.251 e. The van der Waals surface area contributed by atoms with Gasteiger partial charge in [0, 0.05) is 48.8 Å². The van der Waals surface area contributed by atoms with Gasteiger partial charge in [-0.2, -0.15) is 0 Å². The lowest BCUT2D eigenvalue weighted by Gasteiger charge is -2.18. The molecule has 0 aromatic heterocycles. The number of amides is 1. The van der Waals surface area contributed by atoms with Gasteiger partial charge in [-0.25, -0.2) is 0 Å². The van der Waals surface area contributed by atoms with E-state index in [9.17, 15) is 9.90 Å². The fraction of sp³-hybridized carbons (Fsp3) is 0.316. The lowest BCUT2D eigenvalue weighted by molar-refractivity contribution is 0.0921. The summed E-state index contributed by atoms with van der Waals surface area (Å²) in [5.41, 5.74) is 1.77. The van der Waals surface area contributed by atoms with Gasteiger partial charge in [0.15, 0.2) is 0 Å². The molecule has 2 aromatic carbocycles. The van der Waals surface area contributed by atoms with Crippen LogP contribution >= 0.6 is 11.6 Å². The van der Waals surface area contributed by atoms with Crippen molar-refractivity contribution in [1.29, 1.82) is 0 Å². The van der Waals surface area contributed by atoms with E-state index in [1.807, 2.05) is 42.5 Å². The van der Waals surface area contributed by atoms with E-state index in [1.165, 1.54) is 0 Å². The largest absolute Gasteiger partial charge is 0.396 e. The Balaban J connectivity index is 1.63. The SMILES string of the molecule is O=C(N[C@@H]1CN(Cc2cccc(Cl)c2)C[C@H]1CO)c1ccccc1. The van der Waals surface area contributed by atoms with Crippen molar-refractivity contribution in [2.75, 3.05) is 19.7 Å². The molecule has 1 aliphatic rings. The Labute approximate surface area is 147 Å². The summed E-state index contributed by atoms with van der Waals surface area (Å²) in [6, 6.07) is 16.9. The Morgan fingerprint density at radius 2 is 1.96 bits per heavy atom. The molecule has 2 N–H and O–H groups in total. The average molecular weight is 345 g/mol. The number of hydrogen-bond acceptors (Lipinski definition) is 3. The normalized spacial score (nSPS) is 20.9. The van der Waals surface area contributed by atoms with Crippen molar-refractivity contribution in [2.45, 2.75) is 12.6 Å². The van der Waals surface area contributed by atoms with Crippen molar-refractivity contribution in [2.24, 2.45) is 5.92 Å². The molecule has 0 spiro atoms. The summed E-state index contributed by atoms with van der Waals surface area (Å²) in [7, 11) is 0. The lowest BCUT2D eigenvalue weighted by atomic mass is 10.0. The van der Waals surface area contributed by atoms with Crippen LogP contribution in [0.4, 0.5) is 0 Å². The molecule has 2 atom stereocenters. The van der Waals surface area contributed by atoms with Crippen LogP contribution in [0.3, 0.4) is 0 Å². The van der Waals surface area contributed by atoms with Crippen LogP contribution in [0.1, 0.15) is 15.9 Å². The van der Waals surface area contributed by atoms with Gasteiger partial charge in [-0.15, -0.1) is 0 Å². The first kappa shape index (κ1) is 17.0. The zero-order valence-electron chi connectivity index (χ0n) is 13.4. The molecule has 1 amide bonds. The van der Waals surface area contributed by atoms with Gasteiger partial charge in [-0.1, -0.05) is 41.9 Å². The summed E-state index contributed by atoms with van der Waals surface area (Å²) in [6.07, 6.45) is 0. The number of likely N-dealkylation sites (tertiary alicyclic amines) is 1. The average Bonchev–Trinajstić information content (AvgIpc) is 2.97. The number of nitrogens with one attached hydrogen (secondary N) is 1. The summed E-state index contributed by atoms with van der Waals surface area (Å²) < 4.78 is 0. The molecule has 0 bridgehead atoms. The summed E-state index contributed by atoms with van der Waals surface area (Å²) in [6.45, 7) is 2.29. The summed E-state index contributed by atoms with van der Waals surface area (Å²) in [5.74, 6) is -0.0551. The second-order valence-corrected chi connectivity index (χ2v) is 6.65. The van der Waals surface area contributed by atoms with E-state index >= 15 is 0 Å². The van der Waals surface area contributed by atoms with Crippen LogP contribution in [0.5, 0.6) is 0 Å². The first-order valence-corrected chi connectivity index (χ1v) is 8.47. The molecular weight excluding hydrogens is 324 g/mol. The summed E-state index contributed by atoms with van der Waals surface area (Å²) in [5, 5.41) is 13.4. The van der Waals surface area contributed by atoms with Gasteiger partial charge in [0.25, 0.3) is 5.91 Å². The maximum absolute atomic E-state index is 12.3. The van der Waals surface area contributed by atoms with Gasteiger partial charge in [-0.3, -0.25) is 9.69 Å². The monoisotopic (exact) mass is 344 g/mol. The van der Waals surface area contributed by atoms with Crippen molar-refractivity contribution >= 4 is 17.5 Å². The molecule has 1 aliphatic heterocycles. The molecule has 3 rings (SSSR count). The fourth-order valence-electron chi connectivity index (χ4n) is 3.17. The highest BCUT2D eigenvalue weighted by Crippen LogP contribution is 2.21. The van der Waals surface area contributed by atoms with Crippen LogP contribution in [0.25, 0.3) is 0 Å². The predicted molar refractivity (Wildman–Crippen MR) is 95.0 cm³/mol. The van der Waals surface area contributed by atoms with E-state index in [0.717, 1.165) is 30.2 Å². The molecule has 1 heterocycles. The molecule has 4 nitrogen and oxygen atoms in total. The van der Waals surface area contributed by atoms with Gasteiger partial charge in [0.1, 0.15) is 0 Å². The van der Waals surface area contributed by atoms with Crippen molar-refractivity contribution in [3.63, 3.8) is 0 Å². The maximum atomic E-state index is 12.3.